The minimum absolute atomic E-state index is 0.0610. The van der Waals surface area contributed by atoms with Crippen molar-refractivity contribution in [1.29, 1.82) is 0 Å². The molecule has 0 amide bonds. The van der Waals surface area contributed by atoms with E-state index in [1.54, 1.807) is 19.1 Å². The Balaban J connectivity index is 2.44. The van der Waals surface area contributed by atoms with Gasteiger partial charge in [0, 0.05) is 11.4 Å². The SMILES string of the molecule is CC(C)C(C)(Cc1nc2cc(Cl)cc(Cl)c2o1)C(=O)O. The van der Waals surface area contributed by atoms with E-state index < -0.39 is 11.4 Å². The molecule has 0 bridgehead atoms. The first-order valence-corrected chi connectivity index (χ1v) is 6.97. The van der Waals surface area contributed by atoms with Crippen LogP contribution in [0.5, 0.6) is 0 Å². The number of benzene rings is 1. The first-order valence-electron chi connectivity index (χ1n) is 6.22. The summed E-state index contributed by atoms with van der Waals surface area (Å²) in [6.45, 7) is 5.41. The van der Waals surface area contributed by atoms with Gasteiger partial charge >= 0.3 is 5.97 Å². The summed E-state index contributed by atoms with van der Waals surface area (Å²) in [6.07, 6.45) is 0.197. The summed E-state index contributed by atoms with van der Waals surface area (Å²) in [7, 11) is 0. The summed E-state index contributed by atoms with van der Waals surface area (Å²) in [5.41, 5.74) is 0.0218. The Morgan fingerprint density at radius 2 is 2.10 bits per heavy atom. The standard InChI is InChI=1S/C14H15Cl2NO3/c1-7(2)14(3,13(18)19)6-11-17-10-5-8(15)4-9(16)12(10)20-11/h4-5,7H,6H2,1-3H3,(H,18,19). The monoisotopic (exact) mass is 315 g/mol. The Kier molecular flexibility index (Phi) is 3.98. The highest BCUT2D eigenvalue weighted by Gasteiger charge is 2.38. The Labute approximate surface area is 126 Å². The summed E-state index contributed by atoms with van der Waals surface area (Å²) in [5, 5.41) is 10.3. The molecule has 0 radical (unpaired) electrons. The molecular weight excluding hydrogens is 301 g/mol. The van der Waals surface area contributed by atoms with Gasteiger partial charge in [-0.2, -0.15) is 0 Å². The lowest BCUT2D eigenvalue weighted by molar-refractivity contribution is -0.150. The maximum Gasteiger partial charge on any atom is 0.310 e. The largest absolute Gasteiger partial charge is 0.481 e. The molecule has 1 N–H and O–H groups in total. The van der Waals surface area contributed by atoms with Crippen molar-refractivity contribution in [2.45, 2.75) is 27.2 Å². The predicted octanol–water partition coefficient (Wildman–Crippen LogP) is 4.42. The van der Waals surface area contributed by atoms with Crippen LogP contribution in [0.4, 0.5) is 0 Å². The van der Waals surface area contributed by atoms with Crippen LogP contribution in [-0.4, -0.2) is 16.1 Å². The number of carboxylic acid groups (broad SMARTS) is 1. The summed E-state index contributed by atoms with van der Waals surface area (Å²) < 4.78 is 5.58. The van der Waals surface area contributed by atoms with Crippen molar-refractivity contribution in [3.05, 3.63) is 28.1 Å². The van der Waals surface area contributed by atoms with Gasteiger partial charge in [0.05, 0.1) is 10.4 Å². The third-order valence-electron chi connectivity index (χ3n) is 3.74. The molecule has 6 heteroatoms. The van der Waals surface area contributed by atoms with Gasteiger partial charge in [0.2, 0.25) is 0 Å². The quantitative estimate of drug-likeness (QED) is 0.906. The van der Waals surface area contributed by atoms with E-state index in [9.17, 15) is 9.90 Å². The molecular formula is C14H15Cl2NO3. The summed E-state index contributed by atoms with van der Waals surface area (Å²) in [6, 6.07) is 3.21. The normalized spacial score (nSPS) is 14.7. The van der Waals surface area contributed by atoms with E-state index >= 15 is 0 Å². The van der Waals surface area contributed by atoms with E-state index in [2.05, 4.69) is 4.98 Å². The average molecular weight is 316 g/mol. The minimum Gasteiger partial charge on any atom is -0.481 e. The first-order chi connectivity index (χ1) is 9.24. The van der Waals surface area contributed by atoms with Gasteiger partial charge in [0.1, 0.15) is 5.52 Å². The molecule has 108 valence electrons. The van der Waals surface area contributed by atoms with Crippen LogP contribution in [0, 0.1) is 11.3 Å². The van der Waals surface area contributed by atoms with Gasteiger partial charge in [-0.3, -0.25) is 4.79 Å². The number of hydrogen-bond donors (Lipinski definition) is 1. The van der Waals surface area contributed by atoms with Gasteiger partial charge in [-0.25, -0.2) is 4.98 Å². The Bertz CT molecular complexity index is 666. The Morgan fingerprint density at radius 3 is 2.65 bits per heavy atom. The van der Waals surface area contributed by atoms with E-state index in [-0.39, 0.29) is 12.3 Å². The van der Waals surface area contributed by atoms with E-state index in [0.29, 0.717) is 27.0 Å². The molecule has 0 aliphatic rings. The van der Waals surface area contributed by atoms with Crippen LogP contribution in [0.25, 0.3) is 11.1 Å². The lowest BCUT2D eigenvalue weighted by Crippen LogP contribution is -2.35. The molecule has 0 saturated carbocycles. The van der Waals surface area contributed by atoms with Crippen LogP contribution < -0.4 is 0 Å². The smallest absolute Gasteiger partial charge is 0.310 e. The molecule has 1 aromatic heterocycles. The van der Waals surface area contributed by atoms with E-state index in [1.165, 1.54) is 0 Å². The number of aromatic nitrogens is 1. The minimum atomic E-state index is -0.947. The van der Waals surface area contributed by atoms with Crippen molar-refractivity contribution < 1.29 is 14.3 Å². The molecule has 1 aromatic carbocycles. The number of nitrogens with zero attached hydrogens (tertiary/aromatic N) is 1. The van der Waals surface area contributed by atoms with Crippen LogP contribution in [0.3, 0.4) is 0 Å². The third-order valence-corrected chi connectivity index (χ3v) is 4.23. The number of halogens is 2. The van der Waals surface area contributed by atoms with Gasteiger partial charge in [-0.1, -0.05) is 37.0 Å². The third kappa shape index (κ3) is 2.63. The summed E-state index contributed by atoms with van der Waals surface area (Å²) in [5.74, 6) is -0.587. The fourth-order valence-electron chi connectivity index (χ4n) is 1.92. The lowest BCUT2D eigenvalue weighted by atomic mass is 9.76. The molecule has 2 aromatic rings. The van der Waals surface area contributed by atoms with Crippen LogP contribution in [0.15, 0.2) is 16.5 Å². The second-order valence-electron chi connectivity index (χ2n) is 5.40. The van der Waals surface area contributed by atoms with Crippen molar-refractivity contribution in [1.82, 2.24) is 4.98 Å². The molecule has 20 heavy (non-hydrogen) atoms. The van der Waals surface area contributed by atoms with Gasteiger partial charge in [0.15, 0.2) is 11.5 Å². The highest BCUT2D eigenvalue weighted by atomic mass is 35.5. The molecule has 2 rings (SSSR count). The zero-order valence-electron chi connectivity index (χ0n) is 11.4. The van der Waals surface area contributed by atoms with E-state index in [1.807, 2.05) is 13.8 Å². The van der Waals surface area contributed by atoms with Crippen LogP contribution >= 0.6 is 23.2 Å². The maximum atomic E-state index is 11.5. The molecule has 1 heterocycles. The topological polar surface area (TPSA) is 63.3 Å². The van der Waals surface area contributed by atoms with Crippen molar-refractivity contribution in [3.63, 3.8) is 0 Å². The van der Waals surface area contributed by atoms with Crippen LogP contribution in [0.1, 0.15) is 26.7 Å². The second-order valence-corrected chi connectivity index (χ2v) is 6.24. The molecule has 0 aliphatic heterocycles. The number of carboxylic acids is 1. The molecule has 0 saturated heterocycles. The number of hydrogen-bond acceptors (Lipinski definition) is 3. The number of carbonyl (C=O) groups is 1. The van der Waals surface area contributed by atoms with Gasteiger partial charge in [-0.05, 0) is 25.0 Å². The van der Waals surface area contributed by atoms with E-state index in [4.69, 9.17) is 27.6 Å². The van der Waals surface area contributed by atoms with Gasteiger partial charge in [0.25, 0.3) is 0 Å². The Hall–Kier alpha value is -1.26. The number of aliphatic carboxylic acids is 1. The highest BCUT2D eigenvalue weighted by Crippen LogP contribution is 2.34. The first kappa shape index (κ1) is 15.1. The van der Waals surface area contributed by atoms with Crippen molar-refractivity contribution in [3.8, 4) is 0 Å². The zero-order chi connectivity index (χ0) is 15.1. The second kappa shape index (κ2) is 5.26. The van der Waals surface area contributed by atoms with Crippen molar-refractivity contribution in [2.75, 3.05) is 0 Å². The lowest BCUT2D eigenvalue weighted by Gasteiger charge is -2.27. The van der Waals surface area contributed by atoms with Gasteiger partial charge < -0.3 is 9.52 Å². The van der Waals surface area contributed by atoms with Crippen molar-refractivity contribution in [2.24, 2.45) is 11.3 Å². The zero-order valence-corrected chi connectivity index (χ0v) is 12.9. The number of fused-ring (bicyclic) bond motifs is 1. The summed E-state index contributed by atoms with van der Waals surface area (Å²) >= 11 is 11.9. The Morgan fingerprint density at radius 1 is 1.45 bits per heavy atom. The fourth-order valence-corrected chi connectivity index (χ4v) is 2.44. The average Bonchev–Trinajstić information content (AvgIpc) is 2.70. The summed E-state index contributed by atoms with van der Waals surface area (Å²) in [4.78, 5) is 15.8. The molecule has 0 fully saturated rings. The highest BCUT2D eigenvalue weighted by molar-refractivity contribution is 6.37. The maximum absolute atomic E-state index is 11.5. The predicted molar refractivity (Wildman–Crippen MR) is 78.3 cm³/mol. The number of rotatable bonds is 4. The molecule has 1 atom stereocenters. The molecule has 1 unspecified atom stereocenters. The number of oxazole rings is 1. The molecule has 0 aliphatic carbocycles. The van der Waals surface area contributed by atoms with Crippen molar-refractivity contribution >= 4 is 40.3 Å². The molecule has 0 spiro atoms. The van der Waals surface area contributed by atoms with E-state index in [0.717, 1.165) is 0 Å². The fraction of sp³-hybridized carbons (Fsp3) is 0.429. The van der Waals surface area contributed by atoms with Crippen LogP contribution in [0.2, 0.25) is 10.0 Å². The van der Waals surface area contributed by atoms with Gasteiger partial charge in [-0.15, -0.1) is 0 Å². The van der Waals surface area contributed by atoms with Crippen LogP contribution in [-0.2, 0) is 11.2 Å². The molecule has 4 nitrogen and oxygen atoms in total.